The number of rotatable bonds is 2. The quantitative estimate of drug-likeness (QED) is 0.377. The van der Waals surface area contributed by atoms with Crippen molar-refractivity contribution in [2.75, 3.05) is 10.7 Å². The fraction of sp³-hybridized carbons (Fsp3) is 0. The smallest absolute Gasteiger partial charge is 0.0756 e. The SMILES string of the molecule is N/C=C\N(N)c1ccc(N)cc1Cl. The van der Waals surface area contributed by atoms with Crippen LogP contribution in [0.1, 0.15) is 0 Å². The second-order valence-corrected chi connectivity index (χ2v) is 2.87. The summed E-state index contributed by atoms with van der Waals surface area (Å²) < 4.78 is 0. The van der Waals surface area contributed by atoms with Crippen LogP contribution in [0.5, 0.6) is 0 Å². The highest BCUT2D eigenvalue weighted by Crippen LogP contribution is 2.26. The van der Waals surface area contributed by atoms with Crippen LogP contribution in [0, 0.1) is 0 Å². The van der Waals surface area contributed by atoms with E-state index in [2.05, 4.69) is 0 Å². The molecule has 0 unspecified atom stereocenters. The van der Waals surface area contributed by atoms with Gasteiger partial charge in [0.25, 0.3) is 0 Å². The second kappa shape index (κ2) is 4.02. The monoisotopic (exact) mass is 198 g/mol. The maximum atomic E-state index is 5.88. The summed E-state index contributed by atoms with van der Waals surface area (Å²) in [6.45, 7) is 0. The first kappa shape index (κ1) is 9.70. The third-order valence-corrected chi connectivity index (χ3v) is 1.80. The molecular formula is C8H11ClN4. The van der Waals surface area contributed by atoms with Crippen LogP contribution in [0.15, 0.2) is 30.6 Å². The highest BCUT2D eigenvalue weighted by Gasteiger charge is 2.03. The lowest BCUT2D eigenvalue weighted by molar-refractivity contribution is 1.07. The van der Waals surface area contributed by atoms with E-state index in [1.54, 1.807) is 18.2 Å². The Kier molecular flexibility index (Phi) is 3.00. The topological polar surface area (TPSA) is 81.3 Å². The minimum atomic E-state index is 0.487. The third-order valence-electron chi connectivity index (χ3n) is 1.50. The lowest BCUT2D eigenvalue weighted by atomic mass is 10.3. The number of nitrogen functional groups attached to an aromatic ring is 1. The van der Waals surface area contributed by atoms with Gasteiger partial charge in [0.1, 0.15) is 0 Å². The molecule has 0 heterocycles. The first-order valence-electron chi connectivity index (χ1n) is 3.62. The minimum Gasteiger partial charge on any atom is -0.403 e. The average Bonchev–Trinajstić information content (AvgIpc) is 2.04. The van der Waals surface area contributed by atoms with Crippen molar-refractivity contribution in [3.63, 3.8) is 0 Å². The van der Waals surface area contributed by atoms with E-state index in [9.17, 15) is 0 Å². The molecule has 0 amide bonds. The van der Waals surface area contributed by atoms with Crippen LogP contribution in [0.25, 0.3) is 0 Å². The van der Waals surface area contributed by atoms with Crippen molar-refractivity contribution in [1.82, 2.24) is 0 Å². The van der Waals surface area contributed by atoms with Gasteiger partial charge in [0.15, 0.2) is 0 Å². The lowest BCUT2D eigenvalue weighted by Crippen LogP contribution is -2.24. The average molecular weight is 199 g/mol. The Morgan fingerprint density at radius 1 is 1.38 bits per heavy atom. The number of benzene rings is 1. The molecule has 0 atom stereocenters. The van der Waals surface area contributed by atoms with Crippen molar-refractivity contribution in [2.45, 2.75) is 0 Å². The molecule has 0 bridgehead atoms. The molecular weight excluding hydrogens is 188 g/mol. The van der Waals surface area contributed by atoms with Gasteiger partial charge in [-0.25, -0.2) is 5.84 Å². The van der Waals surface area contributed by atoms with Gasteiger partial charge in [-0.1, -0.05) is 11.6 Å². The fourth-order valence-electron chi connectivity index (χ4n) is 0.906. The molecule has 5 heteroatoms. The Bertz CT molecular complexity index is 324. The molecule has 0 radical (unpaired) electrons. The van der Waals surface area contributed by atoms with Gasteiger partial charge in [-0.2, -0.15) is 0 Å². The molecule has 13 heavy (non-hydrogen) atoms. The predicted molar refractivity (Wildman–Crippen MR) is 55.9 cm³/mol. The molecule has 0 aliphatic heterocycles. The Hall–Kier alpha value is -1.39. The van der Waals surface area contributed by atoms with Crippen molar-refractivity contribution in [1.29, 1.82) is 0 Å². The molecule has 0 spiro atoms. The van der Waals surface area contributed by atoms with E-state index in [0.717, 1.165) is 0 Å². The number of hydrogen-bond donors (Lipinski definition) is 3. The number of nitrogens with zero attached hydrogens (tertiary/aromatic N) is 1. The summed E-state index contributed by atoms with van der Waals surface area (Å²) in [6, 6.07) is 5.06. The summed E-state index contributed by atoms with van der Waals surface area (Å²) in [4.78, 5) is 0. The van der Waals surface area contributed by atoms with Crippen LogP contribution >= 0.6 is 11.6 Å². The molecule has 1 aromatic rings. The van der Waals surface area contributed by atoms with E-state index >= 15 is 0 Å². The number of anilines is 2. The van der Waals surface area contributed by atoms with E-state index in [1.165, 1.54) is 17.4 Å². The van der Waals surface area contributed by atoms with Crippen LogP contribution in [0.2, 0.25) is 5.02 Å². The van der Waals surface area contributed by atoms with Crippen LogP contribution in [-0.2, 0) is 0 Å². The van der Waals surface area contributed by atoms with E-state index in [4.69, 9.17) is 28.9 Å². The largest absolute Gasteiger partial charge is 0.403 e. The van der Waals surface area contributed by atoms with E-state index in [1.807, 2.05) is 0 Å². The van der Waals surface area contributed by atoms with Gasteiger partial charge in [0, 0.05) is 18.1 Å². The molecule has 1 rings (SSSR count). The number of halogens is 1. The number of nitrogens with two attached hydrogens (primary N) is 3. The molecule has 1 aromatic carbocycles. The lowest BCUT2D eigenvalue weighted by Gasteiger charge is -2.14. The van der Waals surface area contributed by atoms with Gasteiger partial charge in [0.05, 0.1) is 10.7 Å². The summed E-state index contributed by atoms with van der Waals surface area (Å²) in [7, 11) is 0. The normalized spacial score (nSPS) is 10.6. The first-order chi connectivity index (χ1) is 6.15. The Labute approximate surface area is 81.5 Å². The molecule has 0 aliphatic carbocycles. The second-order valence-electron chi connectivity index (χ2n) is 2.46. The minimum absolute atomic E-state index is 0.487. The summed E-state index contributed by atoms with van der Waals surface area (Å²) in [6.07, 6.45) is 2.82. The summed E-state index contributed by atoms with van der Waals surface area (Å²) in [5.41, 5.74) is 11.9. The zero-order valence-electron chi connectivity index (χ0n) is 6.94. The summed E-state index contributed by atoms with van der Waals surface area (Å²) >= 11 is 5.88. The van der Waals surface area contributed by atoms with Crippen molar-refractivity contribution >= 4 is 23.0 Å². The maximum Gasteiger partial charge on any atom is 0.0756 e. The molecule has 4 nitrogen and oxygen atoms in total. The van der Waals surface area contributed by atoms with Gasteiger partial charge in [-0.15, -0.1) is 0 Å². The van der Waals surface area contributed by atoms with Gasteiger partial charge < -0.3 is 11.5 Å². The molecule has 0 saturated heterocycles. The zero-order valence-corrected chi connectivity index (χ0v) is 7.70. The van der Waals surface area contributed by atoms with Crippen LogP contribution in [0.3, 0.4) is 0 Å². The number of hydrazine groups is 1. The standard InChI is InChI=1S/C8H11ClN4/c9-7-5-6(11)1-2-8(7)13(12)4-3-10/h1-5H,10-12H2/b4-3-. The third kappa shape index (κ3) is 2.27. The Balaban J connectivity index is 3.01. The highest BCUT2D eigenvalue weighted by molar-refractivity contribution is 6.33. The van der Waals surface area contributed by atoms with Gasteiger partial charge in [-0.05, 0) is 18.2 Å². The maximum absolute atomic E-state index is 5.88. The van der Waals surface area contributed by atoms with E-state index in [0.29, 0.717) is 16.4 Å². The van der Waals surface area contributed by atoms with Crippen LogP contribution in [0.4, 0.5) is 11.4 Å². The summed E-state index contributed by atoms with van der Waals surface area (Å²) in [5.74, 6) is 5.60. The zero-order chi connectivity index (χ0) is 9.84. The molecule has 0 aliphatic rings. The van der Waals surface area contributed by atoms with E-state index < -0.39 is 0 Å². The molecule has 70 valence electrons. The van der Waals surface area contributed by atoms with Gasteiger partial charge in [-0.3, -0.25) is 5.01 Å². The molecule has 0 aromatic heterocycles. The number of hydrogen-bond acceptors (Lipinski definition) is 4. The van der Waals surface area contributed by atoms with Crippen molar-refractivity contribution in [3.05, 3.63) is 35.6 Å². The fourth-order valence-corrected chi connectivity index (χ4v) is 1.19. The van der Waals surface area contributed by atoms with Crippen molar-refractivity contribution < 1.29 is 0 Å². The van der Waals surface area contributed by atoms with Crippen molar-refractivity contribution in [3.8, 4) is 0 Å². The van der Waals surface area contributed by atoms with E-state index in [-0.39, 0.29) is 0 Å². The van der Waals surface area contributed by atoms with Crippen LogP contribution < -0.4 is 22.3 Å². The highest BCUT2D eigenvalue weighted by atomic mass is 35.5. The first-order valence-corrected chi connectivity index (χ1v) is 4.00. The van der Waals surface area contributed by atoms with Crippen molar-refractivity contribution in [2.24, 2.45) is 11.6 Å². The van der Waals surface area contributed by atoms with Crippen LogP contribution in [-0.4, -0.2) is 0 Å². The summed E-state index contributed by atoms with van der Waals surface area (Å²) in [5, 5.41) is 1.81. The van der Waals surface area contributed by atoms with Gasteiger partial charge >= 0.3 is 0 Å². The molecule has 6 N–H and O–H groups in total. The van der Waals surface area contributed by atoms with Gasteiger partial charge in [0.2, 0.25) is 0 Å². The Morgan fingerprint density at radius 2 is 2.08 bits per heavy atom. The molecule has 0 saturated carbocycles. The Morgan fingerprint density at radius 3 is 2.62 bits per heavy atom. The molecule has 0 fully saturated rings. The predicted octanol–water partition coefficient (Wildman–Crippen LogP) is 1.03.